The minimum Gasteiger partial charge on any atom is -0.330 e. The Morgan fingerprint density at radius 3 is 2.54 bits per heavy atom. The summed E-state index contributed by atoms with van der Waals surface area (Å²) in [5.41, 5.74) is 4.90. The molecule has 3 N–H and O–H groups in total. The average molecular weight is 328 g/mol. The van der Waals surface area contributed by atoms with Gasteiger partial charge in [0.25, 0.3) is 5.56 Å². The minimum atomic E-state index is -1.20. The number of carbonyl (C=O) groups is 1. The summed E-state index contributed by atoms with van der Waals surface area (Å²) < 4.78 is 28.4. The zero-order valence-electron chi connectivity index (χ0n) is 12.6. The third kappa shape index (κ3) is 2.61. The van der Waals surface area contributed by atoms with Crippen molar-refractivity contribution in [3.05, 3.63) is 81.3 Å². The lowest BCUT2D eigenvalue weighted by atomic mass is 9.96. The number of hydrogen-bond donors (Lipinski definition) is 2. The maximum absolute atomic E-state index is 14.3. The van der Waals surface area contributed by atoms with Crippen molar-refractivity contribution in [3.8, 4) is 0 Å². The van der Waals surface area contributed by atoms with Gasteiger partial charge in [0.1, 0.15) is 0 Å². The Balaban J connectivity index is 2.16. The van der Waals surface area contributed by atoms with Gasteiger partial charge in [-0.3, -0.25) is 9.59 Å². The van der Waals surface area contributed by atoms with Gasteiger partial charge >= 0.3 is 0 Å². The number of carbonyl (C=O) groups excluding carboxylic acids is 1. The molecule has 0 bridgehead atoms. The molecular formula is C18H14F2N2O2. The lowest BCUT2D eigenvalue weighted by Gasteiger charge is -2.09. The standard InChI is InChI=1S/C18H14F2N2O2/c19-15-10(6-8-21)4-5-14(16(15)20)17(23)12-2-1-3-13-11(12)7-9-22-18(13)24/h1-5,7,9H,6,8,21H2,(H,22,24). The van der Waals surface area contributed by atoms with E-state index in [9.17, 15) is 18.4 Å². The molecule has 6 heteroatoms. The summed E-state index contributed by atoms with van der Waals surface area (Å²) in [5.74, 6) is -2.95. The fraction of sp³-hybridized carbons (Fsp3) is 0.111. The van der Waals surface area contributed by atoms with E-state index in [1.165, 1.54) is 30.5 Å². The molecule has 0 amide bonds. The van der Waals surface area contributed by atoms with Crippen molar-refractivity contribution in [1.29, 1.82) is 0 Å². The molecule has 0 aliphatic carbocycles. The van der Waals surface area contributed by atoms with Crippen molar-refractivity contribution in [2.75, 3.05) is 6.54 Å². The third-order valence-corrected chi connectivity index (χ3v) is 3.88. The van der Waals surface area contributed by atoms with E-state index >= 15 is 0 Å². The Labute approximate surface area is 135 Å². The van der Waals surface area contributed by atoms with Gasteiger partial charge in [0.2, 0.25) is 0 Å². The summed E-state index contributed by atoms with van der Waals surface area (Å²) in [5, 5.41) is 0.695. The van der Waals surface area contributed by atoms with Crippen LogP contribution in [0.4, 0.5) is 8.78 Å². The number of halogens is 2. The maximum atomic E-state index is 14.3. The van der Waals surface area contributed by atoms with Crippen LogP contribution in [0.2, 0.25) is 0 Å². The van der Waals surface area contributed by atoms with Gasteiger partial charge in [-0.2, -0.15) is 0 Å². The van der Waals surface area contributed by atoms with E-state index in [-0.39, 0.29) is 35.2 Å². The predicted molar refractivity (Wildman–Crippen MR) is 87.1 cm³/mol. The van der Waals surface area contributed by atoms with Crippen molar-refractivity contribution in [1.82, 2.24) is 4.98 Å². The molecule has 0 aliphatic heterocycles. The van der Waals surface area contributed by atoms with E-state index in [0.29, 0.717) is 10.8 Å². The summed E-state index contributed by atoms with van der Waals surface area (Å²) in [6.07, 6.45) is 1.59. The van der Waals surface area contributed by atoms with Gasteiger partial charge < -0.3 is 10.7 Å². The number of fused-ring (bicyclic) bond motifs is 1. The van der Waals surface area contributed by atoms with Crippen LogP contribution in [0.1, 0.15) is 21.5 Å². The highest BCUT2D eigenvalue weighted by atomic mass is 19.2. The Morgan fingerprint density at radius 1 is 1.00 bits per heavy atom. The van der Waals surface area contributed by atoms with Crippen molar-refractivity contribution in [2.45, 2.75) is 6.42 Å². The molecule has 0 fully saturated rings. The average Bonchev–Trinajstić information content (AvgIpc) is 2.59. The molecular weight excluding hydrogens is 314 g/mol. The lowest BCUT2D eigenvalue weighted by Crippen LogP contribution is -2.12. The van der Waals surface area contributed by atoms with Crippen molar-refractivity contribution < 1.29 is 13.6 Å². The van der Waals surface area contributed by atoms with Crippen molar-refractivity contribution in [3.63, 3.8) is 0 Å². The predicted octanol–water partition coefficient (Wildman–Crippen LogP) is 2.54. The Morgan fingerprint density at radius 2 is 1.79 bits per heavy atom. The zero-order chi connectivity index (χ0) is 17.3. The van der Waals surface area contributed by atoms with Gasteiger partial charge in [-0.05, 0) is 42.1 Å². The number of hydrogen-bond acceptors (Lipinski definition) is 3. The van der Waals surface area contributed by atoms with Gasteiger partial charge in [0.05, 0.1) is 5.56 Å². The molecule has 3 rings (SSSR count). The van der Waals surface area contributed by atoms with E-state index in [4.69, 9.17) is 5.73 Å². The van der Waals surface area contributed by atoms with E-state index in [0.717, 1.165) is 0 Å². The van der Waals surface area contributed by atoms with Gasteiger partial charge in [0.15, 0.2) is 17.4 Å². The van der Waals surface area contributed by atoms with Crippen LogP contribution in [0.15, 0.2) is 47.4 Å². The maximum Gasteiger partial charge on any atom is 0.255 e. The van der Waals surface area contributed by atoms with Gasteiger partial charge in [-0.25, -0.2) is 8.78 Å². The molecule has 0 saturated carbocycles. The molecule has 122 valence electrons. The highest BCUT2D eigenvalue weighted by Crippen LogP contribution is 2.23. The van der Waals surface area contributed by atoms with E-state index in [1.807, 2.05) is 0 Å². The number of rotatable bonds is 4. The van der Waals surface area contributed by atoms with Crippen LogP contribution >= 0.6 is 0 Å². The van der Waals surface area contributed by atoms with Crippen molar-refractivity contribution >= 4 is 16.6 Å². The topological polar surface area (TPSA) is 76.0 Å². The molecule has 0 aliphatic rings. The van der Waals surface area contributed by atoms with Crippen LogP contribution in [0.3, 0.4) is 0 Å². The van der Waals surface area contributed by atoms with Crippen molar-refractivity contribution in [2.24, 2.45) is 5.73 Å². The third-order valence-electron chi connectivity index (χ3n) is 3.88. The highest BCUT2D eigenvalue weighted by Gasteiger charge is 2.21. The molecule has 0 spiro atoms. The SMILES string of the molecule is NCCc1ccc(C(=O)c2cccc3c(=O)[nH]ccc23)c(F)c1F. The number of ketones is 1. The van der Waals surface area contributed by atoms with Crippen LogP contribution in [-0.4, -0.2) is 17.3 Å². The first-order chi connectivity index (χ1) is 11.5. The minimum absolute atomic E-state index is 0.126. The molecule has 1 heterocycles. The normalized spacial score (nSPS) is 11.0. The fourth-order valence-electron chi connectivity index (χ4n) is 2.68. The summed E-state index contributed by atoms with van der Waals surface area (Å²) in [6.45, 7) is 0.176. The van der Waals surface area contributed by atoms with Crippen LogP contribution < -0.4 is 11.3 Å². The molecule has 0 saturated heterocycles. The molecule has 0 radical (unpaired) electrons. The Kier molecular flexibility index (Phi) is 4.22. The monoisotopic (exact) mass is 328 g/mol. The molecule has 0 atom stereocenters. The molecule has 0 unspecified atom stereocenters. The van der Waals surface area contributed by atoms with Gasteiger partial charge in [-0.15, -0.1) is 0 Å². The number of aromatic nitrogens is 1. The summed E-state index contributed by atoms with van der Waals surface area (Å²) in [7, 11) is 0. The van der Waals surface area contributed by atoms with Crippen LogP contribution in [0.5, 0.6) is 0 Å². The summed E-state index contributed by atoms with van der Waals surface area (Å²) in [4.78, 5) is 27.0. The number of H-pyrrole nitrogens is 1. The first-order valence-corrected chi connectivity index (χ1v) is 7.36. The number of aromatic amines is 1. The quantitative estimate of drug-likeness (QED) is 0.723. The second kappa shape index (κ2) is 6.33. The van der Waals surface area contributed by atoms with E-state index in [2.05, 4.69) is 4.98 Å². The second-order valence-electron chi connectivity index (χ2n) is 5.34. The van der Waals surface area contributed by atoms with E-state index in [1.54, 1.807) is 12.1 Å². The smallest absolute Gasteiger partial charge is 0.255 e. The van der Waals surface area contributed by atoms with Crippen LogP contribution in [0, 0.1) is 11.6 Å². The molecule has 1 aromatic heterocycles. The zero-order valence-corrected chi connectivity index (χ0v) is 12.6. The van der Waals surface area contributed by atoms with E-state index < -0.39 is 17.4 Å². The number of pyridine rings is 1. The second-order valence-corrected chi connectivity index (χ2v) is 5.34. The highest BCUT2D eigenvalue weighted by molar-refractivity contribution is 6.16. The Bertz CT molecular complexity index is 996. The van der Waals surface area contributed by atoms with Crippen LogP contribution in [-0.2, 0) is 6.42 Å². The molecule has 24 heavy (non-hydrogen) atoms. The first kappa shape index (κ1) is 16.0. The van der Waals surface area contributed by atoms with Gasteiger partial charge in [0, 0.05) is 17.1 Å². The summed E-state index contributed by atoms with van der Waals surface area (Å²) >= 11 is 0. The largest absolute Gasteiger partial charge is 0.330 e. The fourth-order valence-corrected chi connectivity index (χ4v) is 2.68. The Hall–Kier alpha value is -2.86. The van der Waals surface area contributed by atoms with Crippen LogP contribution in [0.25, 0.3) is 10.8 Å². The summed E-state index contributed by atoms with van der Waals surface area (Å²) in [6, 6.07) is 8.73. The first-order valence-electron chi connectivity index (χ1n) is 7.36. The lowest BCUT2D eigenvalue weighted by molar-refractivity contribution is 0.103. The molecule has 4 nitrogen and oxygen atoms in total. The molecule has 2 aromatic carbocycles. The number of nitrogens with two attached hydrogens (primary N) is 1. The number of benzene rings is 2. The number of nitrogens with one attached hydrogen (secondary N) is 1. The van der Waals surface area contributed by atoms with Gasteiger partial charge in [-0.1, -0.05) is 18.2 Å². The molecule has 3 aromatic rings.